The zero-order valence-corrected chi connectivity index (χ0v) is 12.6. The van der Waals surface area contributed by atoms with E-state index in [0.717, 1.165) is 38.8 Å². The van der Waals surface area contributed by atoms with Crippen molar-refractivity contribution in [1.29, 1.82) is 0 Å². The Morgan fingerprint density at radius 1 is 1.38 bits per heavy atom. The highest BCUT2D eigenvalue weighted by Crippen LogP contribution is 2.34. The Balaban J connectivity index is 2.16. The van der Waals surface area contributed by atoms with Crippen LogP contribution in [0.3, 0.4) is 0 Å². The fourth-order valence-corrected chi connectivity index (χ4v) is 3.13. The maximum absolute atomic E-state index is 12.5. The van der Waals surface area contributed by atoms with E-state index < -0.39 is 5.97 Å². The van der Waals surface area contributed by atoms with Crippen molar-refractivity contribution >= 4 is 11.9 Å². The van der Waals surface area contributed by atoms with E-state index in [2.05, 4.69) is 18.8 Å². The van der Waals surface area contributed by atoms with Gasteiger partial charge in [-0.25, -0.2) is 9.78 Å². The highest BCUT2D eigenvalue weighted by atomic mass is 16.4. The zero-order chi connectivity index (χ0) is 15.5. The topological polar surface area (TPSA) is 70.5 Å². The number of carbonyl (C=O) groups excluding carboxylic acids is 1. The van der Waals surface area contributed by atoms with Gasteiger partial charge in [-0.15, -0.1) is 0 Å². The van der Waals surface area contributed by atoms with Gasteiger partial charge in [0.1, 0.15) is 11.4 Å². The van der Waals surface area contributed by atoms with Crippen LogP contribution in [0.1, 0.15) is 60.5 Å². The number of hydrogen-bond acceptors (Lipinski definition) is 3. The molecule has 0 spiro atoms. The first-order valence-electron chi connectivity index (χ1n) is 7.45. The number of aromatic nitrogens is 1. The van der Waals surface area contributed by atoms with E-state index in [1.165, 1.54) is 6.07 Å². The molecule has 1 N–H and O–H groups in total. The number of carbonyl (C=O) groups is 2. The Morgan fingerprint density at radius 2 is 2.10 bits per heavy atom. The van der Waals surface area contributed by atoms with Crippen LogP contribution >= 0.6 is 0 Å². The summed E-state index contributed by atoms with van der Waals surface area (Å²) in [5.41, 5.74) is 0.289. The van der Waals surface area contributed by atoms with E-state index >= 15 is 0 Å². The smallest absolute Gasteiger partial charge is 0.354 e. The Kier molecular flexibility index (Phi) is 4.60. The maximum atomic E-state index is 12.5. The number of pyridine rings is 1. The number of piperidine rings is 1. The molecule has 1 aliphatic rings. The minimum atomic E-state index is -1.11. The number of nitrogens with zero attached hydrogens (tertiary/aromatic N) is 2. The quantitative estimate of drug-likeness (QED) is 0.925. The van der Waals surface area contributed by atoms with Gasteiger partial charge in [0.2, 0.25) is 0 Å². The van der Waals surface area contributed by atoms with E-state index in [1.807, 2.05) is 4.90 Å². The predicted molar refractivity (Wildman–Crippen MR) is 79.3 cm³/mol. The van der Waals surface area contributed by atoms with E-state index in [4.69, 9.17) is 5.11 Å². The molecule has 1 aromatic rings. The van der Waals surface area contributed by atoms with E-state index in [9.17, 15) is 9.59 Å². The lowest BCUT2D eigenvalue weighted by molar-refractivity contribution is 0.0524. The number of likely N-dealkylation sites (tertiary alicyclic amines) is 1. The van der Waals surface area contributed by atoms with Crippen molar-refractivity contribution in [2.24, 2.45) is 5.41 Å². The lowest BCUT2D eigenvalue weighted by Crippen LogP contribution is -2.45. The summed E-state index contributed by atoms with van der Waals surface area (Å²) in [6.07, 6.45) is 4.32. The maximum Gasteiger partial charge on any atom is 0.354 e. The highest BCUT2D eigenvalue weighted by molar-refractivity contribution is 5.94. The molecule has 1 atom stereocenters. The molecule has 5 heteroatoms. The Labute approximate surface area is 125 Å². The summed E-state index contributed by atoms with van der Waals surface area (Å²) in [6, 6.07) is 4.55. The fourth-order valence-electron chi connectivity index (χ4n) is 3.13. The monoisotopic (exact) mass is 290 g/mol. The van der Waals surface area contributed by atoms with Crippen molar-refractivity contribution in [1.82, 2.24) is 9.88 Å². The summed E-state index contributed by atoms with van der Waals surface area (Å²) in [5, 5.41) is 8.97. The van der Waals surface area contributed by atoms with E-state index in [0.29, 0.717) is 0 Å². The molecule has 114 valence electrons. The van der Waals surface area contributed by atoms with Gasteiger partial charge < -0.3 is 10.0 Å². The molecule has 0 aliphatic carbocycles. The van der Waals surface area contributed by atoms with E-state index in [-0.39, 0.29) is 22.7 Å². The lowest BCUT2D eigenvalue weighted by Gasteiger charge is -2.40. The average Bonchev–Trinajstić information content (AvgIpc) is 2.46. The summed E-state index contributed by atoms with van der Waals surface area (Å²) in [6.45, 7) is 5.82. The fraction of sp³-hybridized carbons (Fsp3) is 0.562. The molecule has 0 aromatic carbocycles. The first-order chi connectivity index (χ1) is 9.95. The second-order valence-corrected chi connectivity index (χ2v) is 6.10. The molecule has 1 amide bonds. The standard InChI is InChI=1S/C16H22N2O3/c1-3-8-16(2)9-5-10-18(11-16)14(19)12-6-4-7-13(17-12)15(20)21/h4,6-7H,3,5,8-11H2,1-2H3,(H,20,21). The number of aromatic carboxylic acids is 1. The summed E-state index contributed by atoms with van der Waals surface area (Å²) >= 11 is 0. The Bertz CT molecular complexity index is 540. The minimum absolute atomic E-state index is 0.0887. The van der Waals surface area contributed by atoms with Crippen molar-refractivity contribution in [3.63, 3.8) is 0 Å². The van der Waals surface area contributed by atoms with Crippen LogP contribution in [0.4, 0.5) is 0 Å². The molecule has 1 aliphatic heterocycles. The molecule has 1 aromatic heterocycles. The Hall–Kier alpha value is -1.91. The summed E-state index contributed by atoms with van der Waals surface area (Å²) in [4.78, 5) is 29.3. The van der Waals surface area contributed by atoms with Crippen LogP contribution in [0.25, 0.3) is 0 Å². The minimum Gasteiger partial charge on any atom is -0.477 e. The predicted octanol–water partition coefficient (Wildman–Crippen LogP) is 2.82. The van der Waals surface area contributed by atoms with Gasteiger partial charge >= 0.3 is 5.97 Å². The third kappa shape index (κ3) is 3.60. The molecule has 1 fully saturated rings. The second kappa shape index (κ2) is 6.24. The third-order valence-electron chi connectivity index (χ3n) is 4.11. The third-order valence-corrected chi connectivity index (χ3v) is 4.11. The van der Waals surface area contributed by atoms with Gasteiger partial charge in [-0.3, -0.25) is 4.79 Å². The second-order valence-electron chi connectivity index (χ2n) is 6.10. The average molecular weight is 290 g/mol. The molecule has 1 unspecified atom stereocenters. The number of rotatable bonds is 4. The lowest BCUT2D eigenvalue weighted by atomic mass is 9.78. The molecule has 5 nitrogen and oxygen atoms in total. The SMILES string of the molecule is CCCC1(C)CCCN(C(=O)c2cccc(C(=O)O)n2)C1. The van der Waals surface area contributed by atoms with Crippen molar-refractivity contribution < 1.29 is 14.7 Å². The molecule has 1 saturated heterocycles. The van der Waals surface area contributed by atoms with Crippen molar-refractivity contribution in [3.8, 4) is 0 Å². The van der Waals surface area contributed by atoms with E-state index in [1.54, 1.807) is 12.1 Å². The Morgan fingerprint density at radius 3 is 2.76 bits per heavy atom. The summed E-state index contributed by atoms with van der Waals surface area (Å²) < 4.78 is 0. The zero-order valence-electron chi connectivity index (χ0n) is 12.6. The van der Waals surface area contributed by atoms with Gasteiger partial charge in [-0.2, -0.15) is 0 Å². The van der Waals surface area contributed by atoms with Gasteiger partial charge in [0, 0.05) is 13.1 Å². The summed E-state index contributed by atoms with van der Waals surface area (Å²) in [5.74, 6) is -1.28. The number of carboxylic acid groups (broad SMARTS) is 1. The molecule has 0 radical (unpaired) electrons. The van der Waals surface area contributed by atoms with Gasteiger partial charge in [-0.1, -0.05) is 26.3 Å². The van der Waals surface area contributed by atoms with Gasteiger partial charge in [0.15, 0.2) is 0 Å². The van der Waals surface area contributed by atoms with Crippen LogP contribution in [0.5, 0.6) is 0 Å². The molecule has 2 rings (SSSR count). The van der Waals surface area contributed by atoms with Crippen molar-refractivity contribution in [2.45, 2.75) is 39.5 Å². The molecule has 21 heavy (non-hydrogen) atoms. The number of amides is 1. The molecule has 0 bridgehead atoms. The van der Waals surface area contributed by atoms with Crippen LogP contribution in [-0.4, -0.2) is 40.0 Å². The number of hydrogen-bond donors (Lipinski definition) is 1. The van der Waals surface area contributed by atoms with Crippen LogP contribution in [0.15, 0.2) is 18.2 Å². The summed E-state index contributed by atoms with van der Waals surface area (Å²) in [7, 11) is 0. The largest absolute Gasteiger partial charge is 0.477 e. The van der Waals surface area contributed by atoms with Crippen LogP contribution in [-0.2, 0) is 0 Å². The molecule has 2 heterocycles. The van der Waals surface area contributed by atoms with Crippen LogP contribution in [0, 0.1) is 5.41 Å². The van der Waals surface area contributed by atoms with Gasteiger partial charge in [-0.05, 0) is 36.8 Å². The van der Waals surface area contributed by atoms with Crippen LogP contribution < -0.4 is 0 Å². The van der Waals surface area contributed by atoms with Gasteiger partial charge in [0.25, 0.3) is 5.91 Å². The first-order valence-corrected chi connectivity index (χ1v) is 7.45. The molecular weight excluding hydrogens is 268 g/mol. The molecular formula is C16H22N2O3. The van der Waals surface area contributed by atoms with Crippen LogP contribution in [0.2, 0.25) is 0 Å². The van der Waals surface area contributed by atoms with Crippen molar-refractivity contribution in [2.75, 3.05) is 13.1 Å². The normalized spacial score (nSPS) is 22.1. The van der Waals surface area contributed by atoms with Gasteiger partial charge in [0.05, 0.1) is 0 Å². The molecule has 0 saturated carbocycles. The van der Waals surface area contributed by atoms with Crippen molar-refractivity contribution in [3.05, 3.63) is 29.6 Å². The highest BCUT2D eigenvalue weighted by Gasteiger charge is 2.33. The number of carboxylic acids is 1. The first kappa shape index (κ1) is 15.5.